The van der Waals surface area contributed by atoms with Gasteiger partial charge in [0.1, 0.15) is 0 Å². The van der Waals surface area contributed by atoms with Crippen LogP contribution in [-0.4, -0.2) is 24.7 Å². The van der Waals surface area contributed by atoms with Gasteiger partial charge in [-0.3, -0.25) is 4.79 Å². The summed E-state index contributed by atoms with van der Waals surface area (Å²) in [6.07, 6.45) is -3.04. The van der Waals surface area contributed by atoms with Crippen LogP contribution in [0.4, 0.5) is 13.2 Å². The molecular weight excluding hydrogens is 209 g/mol. The fourth-order valence-electron chi connectivity index (χ4n) is 1.01. The van der Waals surface area contributed by atoms with Gasteiger partial charge >= 0.3 is 6.18 Å². The maximum Gasteiger partial charge on any atom is 0.390 e. The molecule has 0 aliphatic heterocycles. The maximum atomic E-state index is 11.7. The van der Waals surface area contributed by atoms with Crippen LogP contribution in [0, 0.1) is 0 Å². The molecule has 0 fully saturated rings. The lowest BCUT2D eigenvalue weighted by molar-refractivity contribution is -0.135. The van der Waals surface area contributed by atoms with Gasteiger partial charge in [0.15, 0.2) is 0 Å². The van der Waals surface area contributed by atoms with Crippen LogP contribution in [-0.2, 0) is 4.79 Å². The van der Waals surface area contributed by atoms with Crippen molar-refractivity contribution in [1.82, 2.24) is 5.32 Å². The molecular formula is C9H17F3N2O. The maximum absolute atomic E-state index is 11.7. The zero-order valence-corrected chi connectivity index (χ0v) is 8.73. The van der Waals surface area contributed by atoms with Crippen molar-refractivity contribution in [3.05, 3.63) is 0 Å². The van der Waals surface area contributed by atoms with Crippen LogP contribution in [0.3, 0.4) is 0 Å². The molecule has 0 aromatic rings. The molecule has 3 N–H and O–H groups in total. The largest absolute Gasteiger partial charge is 0.390 e. The van der Waals surface area contributed by atoms with Gasteiger partial charge in [0.25, 0.3) is 0 Å². The highest BCUT2D eigenvalue weighted by Crippen LogP contribution is 2.18. The normalized spacial score (nSPS) is 13.7. The Kier molecular flexibility index (Phi) is 6.31. The average Bonchev–Trinajstić information content (AvgIpc) is 2.11. The predicted octanol–water partition coefficient (Wildman–Crippen LogP) is 1.57. The second kappa shape index (κ2) is 6.66. The summed E-state index contributed by atoms with van der Waals surface area (Å²) in [7, 11) is 0. The molecule has 0 saturated heterocycles. The molecule has 0 saturated carbocycles. The van der Waals surface area contributed by atoms with Crippen LogP contribution < -0.4 is 11.1 Å². The van der Waals surface area contributed by atoms with Crippen LogP contribution in [0.25, 0.3) is 0 Å². The van der Waals surface area contributed by atoms with Crippen LogP contribution >= 0.6 is 0 Å². The molecule has 0 unspecified atom stereocenters. The van der Waals surface area contributed by atoms with Crippen molar-refractivity contribution in [1.29, 1.82) is 0 Å². The van der Waals surface area contributed by atoms with E-state index in [-0.39, 0.29) is 0 Å². The molecule has 1 atom stereocenters. The lowest BCUT2D eigenvalue weighted by Gasteiger charge is -2.12. The Bertz CT molecular complexity index is 194. The number of nitrogens with one attached hydrogen (secondary N) is 1. The summed E-state index contributed by atoms with van der Waals surface area (Å²) in [5.74, 6) is -0.507. The van der Waals surface area contributed by atoms with Gasteiger partial charge in [0, 0.05) is 6.54 Å². The molecule has 90 valence electrons. The van der Waals surface area contributed by atoms with E-state index in [2.05, 4.69) is 5.32 Å². The molecule has 6 heteroatoms. The summed E-state index contributed by atoms with van der Waals surface area (Å²) in [5, 5.41) is 2.16. The summed E-state index contributed by atoms with van der Waals surface area (Å²) >= 11 is 0. The quantitative estimate of drug-likeness (QED) is 0.722. The minimum absolute atomic E-state index is 0.401. The molecule has 0 aliphatic carbocycles. The Morgan fingerprint density at radius 1 is 1.47 bits per heavy atom. The highest BCUT2D eigenvalue weighted by atomic mass is 19.4. The minimum atomic E-state index is -4.24. The standard InChI is InChI=1S/C9H17F3N2O/c1-2-3-4-7(13)8(15)14-6-5-9(10,11)12/h7H,2-6,13H2,1H3,(H,14,15)/t7-/m0/s1. The Hall–Kier alpha value is -0.780. The smallest absolute Gasteiger partial charge is 0.354 e. The molecule has 3 nitrogen and oxygen atoms in total. The first-order valence-electron chi connectivity index (χ1n) is 4.97. The van der Waals surface area contributed by atoms with Gasteiger partial charge in [-0.2, -0.15) is 13.2 Å². The van der Waals surface area contributed by atoms with Gasteiger partial charge in [-0.1, -0.05) is 19.8 Å². The number of rotatable bonds is 6. The third kappa shape index (κ3) is 8.23. The van der Waals surface area contributed by atoms with E-state index in [1.807, 2.05) is 6.92 Å². The van der Waals surface area contributed by atoms with Gasteiger partial charge in [-0.15, -0.1) is 0 Å². The van der Waals surface area contributed by atoms with Crippen molar-refractivity contribution < 1.29 is 18.0 Å². The highest BCUT2D eigenvalue weighted by molar-refractivity contribution is 5.81. The summed E-state index contributed by atoms with van der Waals surface area (Å²) < 4.78 is 35.2. The van der Waals surface area contributed by atoms with E-state index >= 15 is 0 Å². The number of alkyl halides is 3. The van der Waals surface area contributed by atoms with Crippen LogP contribution in [0.15, 0.2) is 0 Å². The molecule has 0 spiro atoms. The number of halogens is 3. The highest BCUT2D eigenvalue weighted by Gasteiger charge is 2.26. The van der Waals surface area contributed by atoms with E-state index in [0.29, 0.717) is 6.42 Å². The summed E-state index contributed by atoms with van der Waals surface area (Å²) in [6.45, 7) is 1.55. The molecule has 0 aromatic heterocycles. The number of carbonyl (C=O) groups excluding carboxylic acids is 1. The Labute approximate surface area is 87.2 Å². The van der Waals surface area contributed by atoms with E-state index in [1.165, 1.54) is 0 Å². The third-order valence-electron chi connectivity index (χ3n) is 1.91. The topological polar surface area (TPSA) is 55.1 Å². The van der Waals surface area contributed by atoms with Gasteiger partial charge in [-0.05, 0) is 6.42 Å². The van der Waals surface area contributed by atoms with E-state index < -0.39 is 31.1 Å². The fraction of sp³-hybridized carbons (Fsp3) is 0.889. The SMILES string of the molecule is CCCC[C@H](N)C(=O)NCCC(F)(F)F. The lowest BCUT2D eigenvalue weighted by Crippen LogP contribution is -2.41. The lowest BCUT2D eigenvalue weighted by atomic mass is 10.1. The average molecular weight is 226 g/mol. The molecule has 1 amide bonds. The van der Waals surface area contributed by atoms with E-state index in [4.69, 9.17) is 5.73 Å². The zero-order valence-electron chi connectivity index (χ0n) is 8.73. The third-order valence-corrected chi connectivity index (χ3v) is 1.91. The second-order valence-corrected chi connectivity index (χ2v) is 3.40. The Morgan fingerprint density at radius 3 is 2.53 bits per heavy atom. The minimum Gasteiger partial charge on any atom is -0.354 e. The number of nitrogens with two attached hydrogens (primary N) is 1. The van der Waals surface area contributed by atoms with Crippen molar-refractivity contribution in [2.45, 2.75) is 44.8 Å². The van der Waals surface area contributed by atoms with E-state index in [0.717, 1.165) is 12.8 Å². The van der Waals surface area contributed by atoms with E-state index in [9.17, 15) is 18.0 Å². The van der Waals surface area contributed by atoms with Gasteiger partial charge < -0.3 is 11.1 Å². The Morgan fingerprint density at radius 2 is 2.07 bits per heavy atom. The first-order chi connectivity index (χ1) is 6.87. The zero-order chi connectivity index (χ0) is 11.9. The van der Waals surface area contributed by atoms with Gasteiger partial charge in [0.2, 0.25) is 5.91 Å². The molecule has 0 heterocycles. The van der Waals surface area contributed by atoms with Crippen molar-refractivity contribution >= 4 is 5.91 Å². The number of hydrogen-bond acceptors (Lipinski definition) is 2. The number of amides is 1. The van der Waals surface area contributed by atoms with Crippen molar-refractivity contribution in [3.8, 4) is 0 Å². The first kappa shape index (κ1) is 14.2. The predicted molar refractivity (Wildman–Crippen MR) is 51.2 cm³/mol. The Balaban J connectivity index is 3.64. The summed E-state index contributed by atoms with van der Waals surface area (Å²) in [5.41, 5.74) is 5.46. The monoisotopic (exact) mass is 226 g/mol. The van der Waals surface area contributed by atoms with Gasteiger partial charge in [0.05, 0.1) is 12.5 Å². The first-order valence-corrected chi connectivity index (χ1v) is 4.97. The molecule has 0 radical (unpaired) electrons. The van der Waals surface area contributed by atoms with E-state index in [1.54, 1.807) is 0 Å². The molecule has 0 rings (SSSR count). The van der Waals surface area contributed by atoms with Crippen LogP contribution in [0.2, 0.25) is 0 Å². The fourth-order valence-corrected chi connectivity index (χ4v) is 1.01. The van der Waals surface area contributed by atoms with Crippen molar-refractivity contribution in [3.63, 3.8) is 0 Å². The molecule has 0 aliphatic rings. The number of hydrogen-bond donors (Lipinski definition) is 2. The second-order valence-electron chi connectivity index (χ2n) is 3.40. The van der Waals surface area contributed by atoms with Crippen LogP contribution in [0.5, 0.6) is 0 Å². The number of unbranched alkanes of at least 4 members (excludes halogenated alkanes) is 1. The molecule has 15 heavy (non-hydrogen) atoms. The molecule has 0 bridgehead atoms. The van der Waals surface area contributed by atoms with Crippen molar-refractivity contribution in [2.24, 2.45) is 5.73 Å². The van der Waals surface area contributed by atoms with Crippen molar-refractivity contribution in [2.75, 3.05) is 6.54 Å². The summed E-state index contributed by atoms with van der Waals surface area (Å²) in [6, 6.07) is -0.696. The molecule has 0 aromatic carbocycles. The van der Waals surface area contributed by atoms with Crippen LogP contribution in [0.1, 0.15) is 32.6 Å². The summed E-state index contributed by atoms with van der Waals surface area (Å²) in [4.78, 5) is 11.1. The number of carbonyl (C=O) groups is 1. The van der Waals surface area contributed by atoms with Gasteiger partial charge in [-0.25, -0.2) is 0 Å².